The van der Waals surface area contributed by atoms with Crippen LogP contribution in [0, 0.1) is 13.8 Å². The van der Waals surface area contributed by atoms with Gasteiger partial charge in [-0.3, -0.25) is 4.79 Å². The Bertz CT molecular complexity index is 1290. The van der Waals surface area contributed by atoms with Gasteiger partial charge in [-0.1, -0.05) is 37.7 Å². The number of aromatic nitrogens is 1. The first kappa shape index (κ1) is 24.4. The molecule has 0 N–H and O–H groups in total. The van der Waals surface area contributed by atoms with Gasteiger partial charge in [-0.2, -0.15) is 4.99 Å². The molecule has 3 aromatic rings. The molecule has 0 aliphatic heterocycles. The smallest absolute Gasteiger partial charge is 0.279 e. The third kappa shape index (κ3) is 5.03. The maximum Gasteiger partial charge on any atom is 0.279 e. The number of fused-ring (bicyclic) bond motifs is 1. The summed E-state index contributed by atoms with van der Waals surface area (Å²) < 4.78 is 30.0. The van der Waals surface area contributed by atoms with Crippen molar-refractivity contribution in [2.45, 2.75) is 58.4 Å². The van der Waals surface area contributed by atoms with Crippen LogP contribution in [0.2, 0.25) is 0 Å². The summed E-state index contributed by atoms with van der Waals surface area (Å²) in [4.78, 5) is 18.2. The van der Waals surface area contributed by atoms with Crippen molar-refractivity contribution in [3.8, 4) is 0 Å². The quantitative estimate of drug-likeness (QED) is 0.468. The number of amides is 1. The fraction of sp³-hybridized carbons (Fsp3) is 0.417. The number of carbonyl (C=O) groups excluding carboxylic acids is 1. The van der Waals surface area contributed by atoms with Gasteiger partial charge in [0, 0.05) is 25.7 Å². The van der Waals surface area contributed by atoms with Crippen LogP contribution in [0.4, 0.5) is 0 Å². The van der Waals surface area contributed by atoms with Crippen LogP contribution >= 0.6 is 11.3 Å². The van der Waals surface area contributed by atoms with E-state index in [1.165, 1.54) is 38.9 Å². The van der Waals surface area contributed by atoms with Gasteiger partial charge in [0.05, 0.1) is 15.1 Å². The van der Waals surface area contributed by atoms with Crippen LogP contribution in [0.5, 0.6) is 0 Å². The monoisotopic (exact) mass is 473 g/mol. The number of hydrogen-bond donors (Lipinski definition) is 0. The van der Waals surface area contributed by atoms with E-state index in [0.717, 1.165) is 36.0 Å². The summed E-state index contributed by atoms with van der Waals surface area (Å²) in [5.41, 5.74) is 3.81. The first-order valence-corrected chi connectivity index (χ1v) is 13.2. The lowest BCUT2D eigenvalue weighted by atomic mass is 10.1. The van der Waals surface area contributed by atoms with E-state index in [2.05, 4.69) is 42.5 Å². The number of carbonyl (C=O) groups is 1. The summed E-state index contributed by atoms with van der Waals surface area (Å²) in [6, 6.07) is 10.3. The highest BCUT2D eigenvalue weighted by atomic mass is 32.2. The van der Waals surface area contributed by atoms with Crippen LogP contribution in [-0.4, -0.2) is 36.8 Å². The Morgan fingerprint density at radius 2 is 1.78 bits per heavy atom. The number of unbranched alkanes of at least 4 members (excludes halogenated alkanes) is 1. The third-order valence-electron chi connectivity index (χ3n) is 5.39. The molecule has 0 unspecified atom stereocenters. The minimum absolute atomic E-state index is 0.182. The summed E-state index contributed by atoms with van der Waals surface area (Å²) >= 11 is 1.51. The zero-order chi connectivity index (χ0) is 23.5. The molecule has 2 aromatic carbocycles. The van der Waals surface area contributed by atoms with E-state index in [0.29, 0.717) is 16.9 Å². The Balaban J connectivity index is 1.96. The molecule has 3 rings (SSSR count). The molecule has 0 fully saturated rings. The van der Waals surface area contributed by atoms with Gasteiger partial charge in [-0.05, 0) is 68.1 Å². The molecule has 0 saturated heterocycles. The molecule has 0 aliphatic rings. The molecule has 0 radical (unpaired) electrons. The average Bonchev–Trinajstić information content (AvgIpc) is 3.09. The van der Waals surface area contributed by atoms with Gasteiger partial charge in [0.2, 0.25) is 10.0 Å². The average molecular weight is 474 g/mol. The Morgan fingerprint density at radius 1 is 1.09 bits per heavy atom. The summed E-state index contributed by atoms with van der Waals surface area (Å²) in [5.74, 6) is -0.376. The molecule has 0 atom stereocenters. The lowest BCUT2D eigenvalue weighted by molar-refractivity contribution is 0.0997. The van der Waals surface area contributed by atoms with E-state index in [9.17, 15) is 13.2 Å². The lowest BCUT2D eigenvalue weighted by Crippen LogP contribution is -2.27. The minimum Gasteiger partial charge on any atom is -0.316 e. The molecule has 0 aliphatic carbocycles. The van der Waals surface area contributed by atoms with Crippen LogP contribution in [-0.2, 0) is 16.6 Å². The molecule has 172 valence electrons. The second-order valence-corrected chi connectivity index (χ2v) is 11.1. The van der Waals surface area contributed by atoms with E-state index in [-0.39, 0.29) is 10.8 Å². The SMILES string of the molecule is CCCCN(C)S(=O)(=O)c1ccc(C(=O)N=c2sc3c(C)cc(C)cc3n2CCC)cc1. The Morgan fingerprint density at radius 3 is 2.41 bits per heavy atom. The molecule has 1 aromatic heterocycles. The number of nitrogens with zero attached hydrogens (tertiary/aromatic N) is 3. The van der Waals surface area contributed by atoms with Crippen molar-refractivity contribution in [1.82, 2.24) is 8.87 Å². The van der Waals surface area contributed by atoms with Gasteiger partial charge < -0.3 is 4.57 Å². The number of sulfonamides is 1. The fourth-order valence-corrected chi connectivity index (χ4v) is 5.95. The van der Waals surface area contributed by atoms with Crippen LogP contribution in [0.15, 0.2) is 46.3 Å². The number of thiazole rings is 1. The second kappa shape index (κ2) is 10.1. The zero-order valence-corrected chi connectivity index (χ0v) is 21.0. The molecule has 1 heterocycles. The highest BCUT2D eigenvalue weighted by molar-refractivity contribution is 7.89. The standard InChI is InChI=1S/C24H31N3O3S2/c1-6-8-14-26(5)32(29,30)20-11-9-19(10-12-20)23(28)25-24-27(13-7-2)21-16-17(3)15-18(4)22(21)31-24/h9-12,15-16H,6-8,13-14H2,1-5H3. The molecule has 0 spiro atoms. The highest BCUT2D eigenvalue weighted by Gasteiger charge is 2.20. The van der Waals surface area contributed by atoms with Gasteiger partial charge in [-0.15, -0.1) is 0 Å². The van der Waals surface area contributed by atoms with Gasteiger partial charge in [-0.25, -0.2) is 12.7 Å². The topological polar surface area (TPSA) is 71.7 Å². The maximum absolute atomic E-state index is 12.9. The van der Waals surface area contributed by atoms with Crippen molar-refractivity contribution in [2.24, 2.45) is 4.99 Å². The summed E-state index contributed by atoms with van der Waals surface area (Å²) in [7, 11) is -1.98. The van der Waals surface area contributed by atoms with Crippen molar-refractivity contribution in [3.05, 3.63) is 57.9 Å². The van der Waals surface area contributed by atoms with E-state index in [1.54, 1.807) is 19.2 Å². The van der Waals surface area contributed by atoms with Crippen LogP contribution in [0.1, 0.15) is 54.6 Å². The van der Waals surface area contributed by atoms with E-state index in [1.807, 2.05) is 6.92 Å². The predicted octanol–water partition coefficient (Wildman–Crippen LogP) is 4.89. The van der Waals surface area contributed by atoms with Crippen LogP contribution < -0.4 is 4.80 Å². The fourth-order valence-electron chi connectivity index (χ4n) is 3.64. The Labute approximate surface area is 194 Å². The van der Waals surface area contributed by atoms with Gasteiger partial charge >= 0.3 is 0 Å². The van der Waals surface area contributed by atoms with E-state index < -0.39 is 10.0 Å². The van der Waals surface area contributed by atoms with Gasteiger partial charge in [0.15, 0.2) is 4.80 Å². The second-order valence-electron chi connectivity index (χ2n) is 8.09. The molecule has 0 saturated carbocycles. The summed E-state index contributed by atoms with van der Waals surface area (Å²) in [6.07, 6.45) is 2.65. The predicted molar refractivity (Wildman–Crippen MR) is 131 cm³/mol. The largest absolute Gasteiger partial charge is 0.316 e. The molecule has 0 bridgehead atoms. The van der Waals surface area contributed by atoms with Crippen molar-refractivity contribution in [1.29, 1.82) is 0 Å². The number of aryl methyl sites for hydroxylation is 3. The zero-order valence-electron chi connectivity index (χ0n) is 19.4. The molecular formula is C24H31N3O3S2. The lowest BCUT2D eigenvalue weighted by Gasteiger charge is -2.16. The Kier molecular flexibility index (Phi) is 7.69. The summed E-state index contributed by atoms with van der Waals surface area (Å²) in [6.45, 7) is 9.50. The van der Waals surface area contributed by atoms with Crippen LogP contribution in [0.25, 0.3) is 10.2 Å². The third-order valence-corrected chi connectivity index (χ3v) is 8.50. The maximum atomic E-state index is 12.9. The van der Waals surface area contributed by atoms with Gasteiger partial charge in [0.25, 0.3) is 5.91 Å². The number of hydrogen-bond acceptors (Lipinski definition) is 4. The van der Waals surface area contributed by atoms with Crippen molar-refractivity contribution in [3.63, 3.8) is 0 Å². The van der Waals surface area contributed by atoms with Crippen molar-refractivity contribution >= 4 is 37.5 Å². The van der Waals surface area contributed by atoms with Crippen molar-refractivity contribution in [2.75, 3.05) is 13.6 Å². The molecule has 6 nitrogen and oxygen atoms in total. The number of benzene rings is 2. The molecule has 1 amide bonds. The summed E-state index contributed by atoms with van der Waals surface area (Å²) in [5, 5.41) is 0. The minimum atomic E-state index is -3.56. The van der Waals surface area contributed by atoms with E-state index in [4.69, 9.17) is 0 Å². The highest BCUT2D eigenvalue weighted by Crippen LogP contribution is 2.24. The first-order chi connectivity index (χ1) is 15.2. The molecular weight excluding hydrogens is 442 g/mol. The first-order valence-electron chi connectivity index (χ1n) is 10.9. The van der Waals surface area contributed by atoms with Gasteiger partial charge in [0.1, 0.15) is 0 Å². The normalized spacial score (nSPS) is 12.8. The van der Waals surface area contributed by atoms with Crippen LogP contribution in [0.3, 0.4) is 0 Å². The molecule has 8 heteroatoms. The van der Waals surface area contributed by atoms with E-state index >= 15 is 0 Å². The Hall–Kier alpha value is -2.29. The molecule has 32 heavy (non-hydrogen) atoms. The van der Waals surface area contributed by atoms with Crippen molar-refractivity contribution < 1.29 is 13.2 Å². The number of rotatable bonds is 8.